The normalized spacial score (nSPS) is 14.0. The molecular weight excluding hydrogens is 434 g/mol. The number of carbonyl (C=O) groups is 1. The van der Waals surface area contributed by atoms with Gasteiger partial charge in [0.2, 0.25) is 0 Å². The first kappa shape index (κ1) is 23.1. The van der Waals surface area contributed by atoms with Gasteiger partial charge in [0.05, 0.1) is 0 Å². The van der Waals surface area contributed by atoms with Crippen LogP contribution in [0.4, 0.5) is 16.3 Å². The lowest BCUT2D eigenvalue weighted by molar-refractivity contribution is 0.208. The van der Waals surface area contributed by atoms with Gasteiger partial charge in [0.15, 0.2) is 5.82 Å². The molecule has 0 atom stereocenters. The summed E-state index contributed by atoms with van der Waals surface area (Å²) >= 11 is 6.04. The van der Waals surface area contributed by atoms with Crippen molar-refractivity contribution >= 4 is 29.1 Å². The number of nitrogens with zero attached hydrogens (tertiary/aromatic N) is 4. The Bertz CT molecular complexity index is 1160. The minimum atomic E-state index is -0.111. The Kier molecular flexibility index (Phi) is 6.84. The van der Waals surface area contributed by atoms with Crippen molar-refractivity contribution in [1.29, 1.82) is 0 Å². The molecule has 1 fully saturated rings. The molecular formula is C26H30ClN5O. The molecule has 0 bridgehead atoms. The maximum atomic E-state index is 12.7. The molecule has 2 aromatic carbocycles. The number of hydrogen-bond acceptors (Lipinski definition) is 4. The molecule has 0 saturated carbocycles. The molecule has 1 saturated heterocycles. The lowest BCUT2D eigenvalue weighted by Crippen LogP contribution is -2.50. The zero-order valence-electron chi connectivity index (χ0n) is 19.6. The Balaban J connectivity index is 1.54. The second-order valence-corrected chi connectivity index (χ2v) is 9.25. The van der Waals surface area contributed by atoms with Crippen LogP contribution in [0.5, 0.6) is 0 Å². The van der Waals surface area contributed by atoms with E-state index < -0.39 is 0 Å². The maximum absolute atomic E-state index is 12.7. The number of hydrogen-bond donors (Lipinski definition) is 1. The summed E-state index contributed by atoms with van der Waals surface area (Å²) in [5.41, 5.74) is 5.08. The average molecular weight is 464 g/mol. The number of urea groups is 1. The third-order valence-electron chi connectivity index (χ3n) is 5.91. The van der Waals surface area contributed by atoms with Crippen molar-refractivity contribution in [1.82, 2.24) is 14.9 Å². The third kappa shape index (κ3) is 5.28. The molecule has 0 radical (unpaired) electrons. The van der Waals surface area contributed by atoms with E-state index in [1.165, 1.54) is 11.1 Å². The van der Waals surface area contributed by atoms with Crippen LogP contribution in [-0.2, 0) is 0 Å². The van der Waals surface area contributed by atoms with Gasteiger partial charge in [-0.3, -0.25) is 0 Å². The quantitative estimate of drug-likeness (QED) is 0.524. The summed E-state index contributed by atoms with van der Waals surface area (Å²) in [6.07, 6.45) is 0. The highest BCUT2D eigenvalue weighted by atomic mass is 35.5. The van der Waals surface area contributed by atoms with E-state index in [1.54, 1.807) is 12.1 Å². The molecule has 0 spiro atoms. The van der Waals surface area contributed by atoms with Gasteiger partial charge in [-0.05, 0) is 44.0 Å². The summed E-state index contributed by atoms with van der Waals surface area (Å²) < 4.78 is 0. The minimum absolute atomic E-state index is 0.111. The first-order valence-electron chi connectivity index (χ1n) is 11.3. The monoisotopic (exact) mass is 463 g/mol. The highest BCUT2D eigenvalue weighted by molar-refractivity contribution is 6.30. The van der Waals surface area contributed by atoms with E-state index >= 15 is 0 Å². The highest BCUT2D eigenvalue weighted by Crippen LogP contribution is 2.31. The number of benzene rings is 2. The number of carbonyl (C=O) groups excluding carboxylic acids is 1. The van der Waals surface area contributed by atoms with Crippen LogP contribution in [0.1, 0.15) is 36.6 Å². The van der Waals surface area contributed by atoms with Gasteiger partial charge in [0.1, 0.15) is 5.82 Å². The van der Waals surface area contributed by atoms with Gasteiger partial charge in [-0.15, -0.1) is 0 Å². The van der Waals surface area contributed by atoms with E-state index in [0.29, 0.717) is 42.8 Å². The van der Waals surface area contributed by atoms with Crippen molar-refractivity contribution in [2.45, 2.75) is 33.6 Å². The second-order valence-electron chi connectivity index (χ2n) is 8.81. The molecule has 1 aromatic heterocycles. The number of amides is 2. The largest absolute Gasteiger partial charge is 0.353 e. The van der Waals surface area contributed by atoms with Crippen LogP contribution in [0.3, 0.4) is 0 Å². The molecule has 2 amide bonds. The van der Waals surface area contributed by atoms with Gasteiger partial charge in [0, 0.05) is 53.7 Å². The van der Waals surface area contributed by atoms with E-state index in [0.717, 1.165) is 22.9 Å². The van der Waals surface area contributed by atoms with Gasteiger partial charge >= 0.3 is 6.03 Å². The van der Waals surface area contributed by atoms with Gasteiger partial charge in [-0.1, -0.05) is 55.3 Å². The average Bonchev–Trinajstić information content (AvgIpc) is 2.78. The van der Waals surface area contributed by atoms with Crippen LogP contribution >= 0.6 is 11.6 Å². The van der Waals surface area contributed by atoms with Crippen molar-refractivity contribution in [3.63, 3.8) is 0 Å². The third-order valence-corrected chi connectivity index (χ3v) is 6.15. The predicted octanol–water partition coefficient (Wildman–Crippen LogP) is 5.89. The predicted molar refractivity (Wildman–Crippen MR) is 135 cm³/mol. The van der Waals surface area contributed by atoms with Crippen LogP contribution in [0, 0.1) is 13.8 Å². The smallest absolute Gasteiger partial charge is 0.321 e. The molecule has 33 heavy (non-hydrogen) atoms. The zero-order chi connectivity index (χ0) is 23.5. The fourth-order valence-electron chi connectivity index (χ4n) is 4.29. The highest BCUT2D eigenvalue weighted by Gasteiger charge is 2.26. The second kappa shape index (κ2) is 9.79. The Morgan fingerprint density at radius 3 is 2.39 bits per heavy atom. The van der Waals surface area contributed by atoms with Crippen LogP contribution < -0.4 is 10.2 Å². The van der Waals surface area contributed by atoms with Crippen molar-refractivity contribution in [3.05, 3.63) is 70.4 Å². The van der Waals surface area contributed by atoms with Crippen LogP contribution in [0.25, 0.3) is 11.4 Å². The van der Waals surface area contributed by atoms with Crippen molar-refractivity contribution in [3.8, 4) is 11.4 Å². The Morgan fingerprint density at radius 1 is 1.00 bits per heavy atom. The molecule has 0 unspecified atom stereocenters. The van der Waals surface area contributed by atoms with Gasteiger partial charge < -0.3 is 15.1 Å². The first-order chi connectivity index (χ1) is 15.8. The number of aromatic nitrogens is 2. The molecule has 0 aliphatic carbocycles. The summed E-state index contributed by atoms with van der Waals surface area (Å²) in [5.74, 6) is 2.02. The maximum Gasteiger partial charge on any atom is 0.321 e. The zero-order valence-corrected chi connectivity index (χ0v) is 20.4. The molecule has 3 aromatic rings. The molecule has 7 heteroatoms. The molecule has 6 nitrogen and oxygen atoms in total. The number of nitrogens with one attached hydrogen (secondary N) is 1. The standard InChI is InChI=1S/C26H30ClN5O/c1-17(2)23-19(4)28-24(20-8-5-7-18(3)15-20)30-25(23)31-11-13-32(14-12-31)26(33)29-22-10-6-9-21(27)16-22/h5-10,15-17H,11-14H2,1-4H3,(H,29,33). The summed E-state index contributed by atoms with van der Waals surface area (Å²) in [5, 5.41) is 3.54. The first-order valence-corrected chi connectivity index (χ1v) is 11.7. The van der Waals surface area contributed by atoms with Gasteiger partial charge in [0.25, 0.3) is 0 Å². The lowest BCUT2D eigenvalue weighted by Gasteiger charge is -2.37. The molecule has 1 aliphatic heterocycles. The van der Waals surface area contributed by atoms with Crippen molar-refractivity contribution in [2.75, 3.05) is 36.4 Å². The summed E-state index contributed by atoms with van der Waals surface area (Å²) in [6.45, 7) is 11.2. The van der Waals surface area contributed by atoms with Crippen LogP contribution in [0.15, 0.2) is 48.5 Å². The van der Waals surface area contributed by atoms with Crippen LogP contribution in [0.2, 0.25) is 5.02 Å². The lowest BCUT2D eigenvalue weighted by atomic mass is 10.0. The van der Waals surface area contributed by atoms with E-state index in [4.69, 9.17) is 21.6 Å². The fourth-order valence-corrected chi connectivity index (χ4v) is 4.48. The number of piperazine rings is 1. The minimum Gasteiger partial charge on any atom is -0.353 e. The van der Waals surface area contributed by atoms with E-state index in [9.17, 15) is 4.79 Å². The Hall–Kier alpha value is -3.12. The summed E-state index contributed by atoms with van der Waals surface area (Å²) in [7, 11) is 0. The molecule has 2 heterocycles. The molecule has 1 N–H and O–H groups in total. The number of rotatable bonds is 4. The van der Waals surface area contributed by atoms with Crippen LogP contribution in [-0.4, -0.2) is 47.1 Å². The van der Waals surface area contributed by atoms with E-state index in [1.807, 2.05) is 23.1 Å². The number of halogens is 1. The van der Waals surface area contributed by atoms with Gasteiger partial charge in [-0.25, -0.2) is 14.8 Å². The molecule has 4 rings (SSSR count). The Labute approximate surface area is 200 Å². The van der Waals surface area contributed by atoms with Crippen molar-refractivity contribution in [2.24, 2.45) is 0 Å². The van der Waals surface area contributed by atoms with Crippen molar-refractivity contribution < 1.29 is 4.79 Å². The summed E-state index contributed by atoms with van der Waals surface area (Å²) in [4.78, 5) is 26.7. The summed E-state index contributed by atoms with van der Waals surface area (Å²) in [6, 6.07) is 15.4. The SMILES string of the molecule is Cc1cccc(-c2nc(C)c(C(C)C)c(N3CCN(C(=O)Nc4cccc(Cl)c4)CC3)n2)c1. The van der Waals surface area contributed by atoms with E-state index in [2.05, 4.69) is 56.1 Å². The van der Waals surface area contributed by atoms with E-state index in [-0.39, 0.29) is 6.03 Å². The fraction of sp³-hybridized carbons (Fsp3) is 0.346. The van der Waals surface area contributed by atoms with Gasteiger partial charge in [-0.2, -0.15) is 0 Å². The Morgan fingerprint density at radius 2 is 1.73 bits per heavy atom. The topological polar surface area (TPSA) is 61.4 Å². The molecule has 172 valence electrons. The molecule has 1 aliphatic rings. The number of aryl methyl sites for hydroxylation is 2. The number of anilines is 2.